The molecule has 0 amide bonds. The van der Waals surface area contributed by atoms with Crippen LogP contribution in [0.1, 0.15) is 18.4 Å². The van der Waals surface area contributed by atoms with Gasteiger partial charge in [0.15, 0.2) is 17.4 Å². The van der Waals surface area contributed by atoms with Crippen LogP contribution in [0.15, 0.2) is 6.07 Å². The number of benzene rings is 1. The second kappa shape index (κ2) is 5.61. The molecule has 1 aromatic rings. The highest BCUT2D eigenvalue weighted by molar-refractivity contribution is 5.37. The fourth-order valence-electron chi connectivity index (χ4n) is 2.40. The molecule has 0 atom stereocenters. The molecule has 2 rings (SSSR count). The van der Waals surface area contributed by atoms with Gasteiger partial charge in [0.1, 0.15) is 0 Å². The summed E-state index contributed by atoms with van der Waals surface area (Å²) in [5.74, 6) is -3.68. The molecule has 0 saturated carbocycles. The van der Waals surface area contributed by atoms with Crippen molar-refractivity contribution in [2.75, 3.05) is 20.2 Å². The van der Waals surface area contributed by atoms with Crippen LogP contribution in [0, 0.1) is 23.4 Å². The van der Waals surface area contributed by atoms with Crippen molar-refractivity contribution < 1.29 is 17.9 Å². The summed E-state index contributed by atoms with van der Waals surface area (Å²) < 4.78 is 44.7. The molecule has 0 aromatic heterocycles. The van der Waals surface area contributed by atoms with E-state index >= 15 is 0 Å². The third kappa shape index (κ3) is 2.61. The lowest BCUT2D eigenvalue weighted by Gasteiger charge is -2.23. The molecule has 0 bridgehead atoms. The van der Waals surface area contributed by atoms with E-state index in [2.05, 4.69) is 5.32 Å². The fourth-order valence-corrected chi connectivity index (χ4v) is 2.40. The fraction of sp³-hybridized carbons (Fsp3) is 0.538. The van der Waals surface area contributed by atoms with E-state index in [1.54, 1.807) is 0 Å². The monoisotopic (exact) mass is 259 g/mol. The van der Waals surface area contributed by atoms with Crippen molar-refractivity contribution in [2.45, 2.75) is 19.3 Å². The average Bonchev–Trinajstić information content (AvgIpc) is 2.38. The summed E-state index contributed by atoms with van der Waals surface area (Å²) in [7, 11) is 1.27. The summed E-state index contributed by atoms with van der Waals surface area (Å²) in [6.07, 6.45) is 2.41. The van der Waals surface area contributed by atoms with E-state index in [-0.39, 0.29) is 5.75 Å². The van der Waals surface area contributed by atoms with Gasteiger partial charge in [-0.2, -0.15) is 4.39 Å². The molecule has 1 aliphatic heterocycles. The van der Waals surface area contributed by atoms with Gasteiger partial charge in [0.2, 0.25) is 5.82 Å². The zero-order valence-electron chi connectivity index (χ0n) is 10.2. The largest absolute Gasteiger partial charge is 0.493 e. The van der Waals surface area contributed by atoms with E-state index in [0.717, 1.165) is 32.0 Å². The third-order valence-electron chi connectivity index (χ3n) is 3.37. The van der Waals surface area contributed by atoms with Crippen LogP contribution in [-0.2, 0) is 6.42 Å². The van der Waals surface area contributed by atoms with E-state index in [4.69, 9.17) is 4.74 Å². The quantitative estimate of drug-likeness (QED) is 0.843. The molecule has 1 aromatic carbocycles. The maximum absolute atomic E-state index is 13.5. The first-order chi connectivity index (χ1) is 8.63. The van der Waals surface area contributed by atoms with E-state index < -0.39 is 17.5 Å². The molecule has 2 nitrogen and oxygen atoms in total. The van der Waals surface area contributed by atoms with Gasteiger partial charge in [-0.1, -0.05) is 0 Å². The number of ether oxygens (including phenoxy) is 1. The molecule has 1 saturated heterocycles. The van der Waals surface area contributed by atoms with E-state index in [1.807, 2.05) is 0 Å². The van der Waals surface area contributed by atoms with Crippen molar-refractivity contribution in [3.05, 3.63) is 29.1 Å². The first-order valence-electron chi connectivity index (χ1n) is 6.04. The van der Waals surface area contributed by atoms with Gasteiger partial charge in [-0.3, -0.25) is 0 Å². The second-order valence-corrected chi connectivity index (χ2v) is 4.58. The molecule has 5 heteroatoms. The van der Waals surface area contributed by atoms with Crippen LogP contribution in [0.25, 0.3) is 0 Å². The van der Waals surface area contributed by atoms with Gasteiger partial charge in [-0.15, -0.1) is 0 Å². The predicted molar refractivity (Wildman–Crippen MR) is 62.2 cm³/mol. The van der Waals surface area contributed by atoms with E-state index in [0.29, 0.717) is 17.9 Å². The molecule has 1 N–H and O–H groups in total. The second-order valence-electron chi connectivity index (χ2n) is 4.58. The Kier molecular flexibility index (Phi) is 4.11. The van der Waals surface area contributed by atoms with Crippen LogP contribution in [0.5, 0.6) is 5.75 Å². The Morgan fingerprint density at radius 3 is 2.50 bits per heavy atom. The van der Waals surface area contributed by atoms with Gasteiger partial charge in [0, 0.05) is 5.56 Å². The van der Waals surface area contributed by atoms with Gasteiger partial charge in [-0.25, -0.2) is 8.78 Å². The molecule has 1 heterocycles. The van der Waals surface area contributed by atoms with Gasteiger partial charge in [0.05, 0.1) is 7.11 Å². The molecule has 1 fully saturated rings. The predicted octanol–water partition coefficient (Wildman–Crippen LogP) is 2.65. The van der Waals surface area contributed by atoms with Crippen LogP contribution in [0.4, 0.5) is 13.2 Å². The maximum Gasteiger partial charge on any atom is 0.203 e. The zero-order chi connectivity index (χ0) is 13.1. The average molecular weight is 259 g/mol. The number of hydrogen-bond donors (Lipinski definition) is 1. The number of methoxy groups -OCH3 is 1. The Labute approximate surface area is 104 Å². The Morgan fingerprint density at radius 2 is 1.89 bits per heavy atom. The van der Waals surface area contributed by atoms with Crippen molar-refractivity contribution in [3.8, 4) is 5.75 Å². The standard InChI is InChI=1S/C13H16F3NO/c1-18-13-9(6-8-2-4-17-5-3-8)7-10(14)11(15)12(13)16/h7-8,17H,2-6H2,1H3. The number of rotatable bonds is 3. The summed E-state index contributed by atoms with van der Waals surface area (Å²) in [6.45, 7) is 1.80. The van der Waals surface area contributed by atoms with Crippen LogP contribution in [-0.4, -0.2) is 20.2 Å². The number of hydrogen-bond acceptors (Lipinski definition) is 2. The van der Waals surface area contributed by atoms with E-state index in [9.17, 15) is 13.2 Å². The first-order valence-corrected chi connectivity index (χ1v) is 6.04. The minimum Gasteiger partial charge on any atom is -0.493 e. The van der Waals surface area contributed by atoms with Gasteiger partial charge in [0.25, 0.3) is 0 Å². The number of nitrogens with one attached hydrogen (secondary N) is 1. The van der Waals surface area contributed by atoms with E-state index in [1.165, 1.54) is 7.11 Å². The molecule has 0 spiro atoms. The smallest absolute Gasteiger partial charge is 0.203 e. The molecule has 18 heavy (non-hydrogen) atoms. The van der Waals surface area contributed by atoms with Crippen LogP contribution >= 0.6 is 0 Å². The SMILES string of the molecule is COc1c(CC2CCNCC2)cc(F)c(F)c1F. The summed E-state index contributed by atoms with van der Waals surface area (Å²) >= 11 is 0. The molecular formula is C13H16F3NO. The lowest BCUT2D eigenvalue weighted by molar-refractivity contribution is 0.338. The highest BCUT2D eigenvalue weighted by Gasteiger charge is 2.22. The highest BCUT2D eigenvalue weighted by atomic mass is 19.2. The molecule has 0 radical (unpaired) electrons. The van der Waals surface area contributed by atoms with Gasteiger partial charge >= 0.3 is 0 Å². The van der Waals surface area contributed by atoms with Crippen LogP contribution in [0.3, 0.4) is 0 Å². The van der Waals surface area contributed by atoms with Crippen molar-refractivity contribution in [2.24, 2.45) is 5.92 Å². The molecule has 0 aliphatic carbocycles. The van der Waals surface area contributed by atoms with Crippen LogP contribution < -0.4 is 10.1 Å². The molecule has 100 valence electrons. The lowest BCUT2D eigenvalue weighted by atomic mass is 9.90. The summed E-state index contributed by atoms with van der Waals surface area (Å²) in [5.41, 5.74) is 0.404. The van der Waals surface area contributed by atoms with Crippen molar-refractivity contribution in [1.82, 2.24) is 5.32 Å². The number of piperidine rings is 1. The number of halogens is 3. The topological polar surface area (TPSA) is 21.3 Å². The molecule has 1 aliphatic rings. The molecular weight excluding hydrogens is 243 g/mol. The summed E-state index contributed by atoms with van der Waals surface area (Å²) in [5, 5.41) is 3.22. The maximum atomic E-state index is 13.5. The Balaban J connectivity index is 2.25. The van der Waals surface area contributed by atoms with Crippen molar-refractivity contribution >= 4 is 0 Å². The highest BCUT2D eigenvalue weighted by Crippen LogP contribution is 2.30. The Morgan fingerprint density at radius 1 is 1.22 bits per heavy atom. The van der Waals surface area contributed by atoms with Crippen molar-refractivity contribution in [3.63, 3.8) is 0 Å². The summed E-state index contributed by atoms with van der Waals surface area (Å²) in [6, 6.07) is 1.04. The minimum atomic E-state index is -1.47. The Bertz CT molecular complexity index is 431. The van der Waals surface area contributed by atoms with Gasteiger partial charge < -0.3 is 10.1 Å². The zero-order valence-corrected chi connectivity index (χ0v) is 10.2. The normalized spacial score (nSPS) is 16.9. The third-order valence-corrected chi connectivity index (χ3v) is 3.37. The molecule has 0 unspecified atom stereocenters. The van der Waals surface area contributed by atoms with Crippen molar-refractivity contribution in [1.29, 1.82) is 0 Å². The lowest BCUT2D eigenvalue weighted by Crippen LogP contribution is -2.28. The summed E-state index contributed by atoms with van der Waals surface area (Å²) in [4.78, 5) is 0. The Hall–Kier alpha value is -1.23. The van der Waals surface area contributed by atoms with Gasteiger partial charge in [-0.05, 0) is 44.3 Å². The first kappa shape index (κ1) is 13.2. The van der Waals surface area contributed by atoms with Crippen LogP contribution in [0.2, 0.25) is 0 Å². The minimum absolute atomic E-state index is 0.174.